The summed E-state index contributed by atoms with van der Waals surface area (Å²) in [5, 5.41) is 2.51. The Morgan fingerprint density at radius 1 is 1.33 bits per heavy atom. The Bertz CT molecular complexity index is 230. The van der Waals surface area contributed by atoms with Crippen LogP contribution in [-0.4, -0.2) is 23.5 Å². The quantitative estimate of drug-likeness (QED) is 0.782. The molecule has 1 amide bonds. The smallest absolute Gasteiger partial charge is 0.408 e. The monoisotopic (exact) mass is 215 g/mol. The first-order valence-electron chi connectivity index (χ1n) is 5.28. The Labute approximate surface area is 91.4 Å². The maximum Gasteiger partial charge on any atom is 0.408 e. The Hall–Kier alpha value is -1.06. The van der Waals surface area contributed by atoms with Gasteiger partial charge in [0.2, 0.25) is 0 Å². The van der Waals surface area contributed by atoms with Crippen molar-refractivity contribution >= 4 is 11.9 Å². The van der Waals surface area contributed by atoms with Gasteiger partial charge in [0.05, 0.1) is 6.04 Å². The number of carbonyl (C=O) groups excluding carboxylic acids is 2. The Morgan fingerprint density at radius 2 is 1.87 bits per heavy atom. The fourth-order valence-corrected chi connectivity index (χ4v) is 1.03. The Balaban J connectivity index is 4.02. The van der Waals surface area contributed by atoms with E-state index < -0.39 is 17.7 Å². The largest absolute Gasteiger partial charge is 0.444 e. The van der Waals surface area contributed by atoms with E-state index in [-0.39, 0.29) is 5.78 Å². The summed E-state index contributed by atoms with van der Waals surface area (Å²) in [6.45, 7) is 8.95. The van der Waals surface area contributed by atoms with Crippen LogP contribution < -0.4 is 5.32 Å². The summed E-state index contributed by atoms with van der Waals surface area (Å²) in [4.78, 5) is 22.7. The van der Waals surface area contributed by atoms with Crippen molar-refractivity contribution < 1.29 is 14.3 Å². The number of rotatable bonds is 4. The third-order valence-corrected chi connectivity index (χ3v) is 1.71. The van der Waals surface area contributed by atoms with Crippen molar-refractivity contribution in [2.45, 2.75) is 59.1 Å². The lowest BCUT2D eigenvalue weighted by molar-refractivity contribution is -0.120. The molecular weight excluding hydrogens is 194 g/mol. The van der Waals surface area contributed by atoms with Crippen LogP contribution in [0.15, 0.2) is 0 Å². The molecule has 0 aliphatic rings. The molecule has 15 heavy (non-hydrogen) atoms. The molecule has 1 atom stereocenters. The number of alkyl carbamates (subject to hydrolysis) is 1. The lowest BCUT2D eigenvalue weighted by atomic mass is 10.1. The molecular formula is C11H21NO3. The molecule has 0 radical (unpaired) electrons. The second-order valence-electron chi connectivity index (χ2n) is 4.58. The highest BCUT2D eigenvalue weighted by Crippen LogP contribution is 2.07. The van der Waals surface area contributed by atoms with Crippen molar-refractivity contribution in [1.29, 1.82) is 0 Å². The third-order valence-electron chi connectivity index (χ3n) is 1.71. The summed E-state index contributed by atoms with van der Waals surface area (Å²) in [6.07, 6.45) is 0.732. The van der Waals surface area contributed by atoms with Gasteiger partial charge in [-0.25, -0.2) is 4.79 Å². The highest BCUT2D eigenvalue weighted by atomic mass is 16.6. The predicted octanol–water partition coefficient (Wildman–Crippen LogP) is 2.27. The van der Waals surface area contributed by atoms with Crippen LogP contribution in [0.3, 0.4) is 0 Å². The average Bonchev–Trinajstić information content (AvgIpc) is 2.00. The lowest BCUT2D eigenvalue weighted by Gasteiger charge is -2.21. The number of hydrogen-bond donors (Lipinski definition) is 1. The summed E-state index contributed by atoms with van der Waals surface area (Å²) >= 11 is 0. The summed E-state index contributed by atoms with van der Waals surface area (Å²) in [6, 6.07) is -0.472. The molecule has 0 rings (SSSR count). The number of ketones is 1. The summed E-state index contributed by atoms with van der Waals surface area (Å²) < 4.78 is 5.03. The SMILES string of the molecule is CCCC(=O)[C@H](C)NC(=O)OC(C)(C)C. The van der Waals surface area contributed by atoms with E-state index in [4.69, 9.17) is 4.74 Å². The summed E-state index contributed by atoms with van der Waals surface area (Å²) in [5.41, 5.74) is -0.530. The molecule has 0 saturated heterocycles. The fraction of sp³-hybridized carbons (Fsp3) is 0.818. The molecule has 0 spiro atoms. The number of ether oxygens (including phenoxy) is 1. The maximum atomic E-state index is 11.4. The molecule has 0 unspecified atom stereocenters. The van der Waals surface area contributed by atoms with E-state index in [1.165, 1.54) is 0 Å². The molecule has 0 aliphatic carbocycles. The van der Waals surface area contributed by atoms with E-state index in [2.05, 4.69) is 5.32 Å². The molecule has 0 aromatic rings. The van der Waals surface area contributed by atoms with E-state index in [0.717, 1.165) is 6.42 Å². The highest BCUT2D eigenvalue weighted by molar-refractivity contribution is 5.86. The predicted molar refractivity (Wildman–Crippen MR) is 58.7 cm³/mol. The van der Waals surface area contributed by atoms with Gasteiger partial charge in [0.15, 0.2) is 5.78 Å². The first-order chi connectivity index (χ1) is 6.76. The molecule has 0 fully saturated rings. The van der Waals surface area contributed by atoms with E-state index >= 15 is 0 Å². The topological polar surface area (TPSA) is 55.4 Å². The van der Waals surface area contributed by atoms with Crippen LogP contribution in [-0.2, 0) is 9.53 Å². The van der Waals surface area contributed by atoms with Crippen LogP contribution in [0.5, 0.6) is 0 Å². The van der Waals surface area contributed by atoms with Gasteiger partial charge in [-0.2, -0.15) is 0 Å². The van der Waals surface area contributed by atoms with Crippen LogP contribution in [0.25, 0.3) is 0 Å². The minimum atomic E-state index is -0.542. The molecule has 4 heteroatoms. The van der Waals surface area contributed by atoms with Crippen LogP contribution in [0.2, 0.25) is 0 Å². The molecule has 0 saturated carbocycles. The summed E-state index contributed by atoms with van der Waals surface area (Å²) in [5.74, 6) is 0.0309. The van der Waals surface area contributed by atoms with Crippen LogP contribution in [0.1, 0.15) is 47.5 Å². The highest BCUT2D eigenvalue weighted by Gasteiger charge is 2.20. The number of nitrogens with one attached hydrogen (secondary N) is 1. The van der Waals surface area contributed by atoms with Gasteiger partial charge in [0.1, 0.15) is 5.60 Å². The van der Waals surface area contributed by atoms with Crippen molar-refractivity contribution in [2.75, 3.05) is 0 Å². The van der Waals surface area contributed by atoms with Gasteiger partial charge in [-0.15, -0.1) is 0 Å². The minimum absolute atomic E-state index is 0.0309. The van der Waals surface area contributed by atoms with Crippen molar-refractivity contribution in [3.63, 3.8) is 0 Å². The molecule has 0 aromatic carbocycles. The van der Waals surface area contributed by atoms with E-state index in [1.54, 1.807) is 27.7 Å². The first kappa shape index (κ1) is 13.9. The van der Waals surface area contributed by atoms with Gasteiger partial charge in [0, 0.05) is 6.42 Å². The molecule has 0 bridgehead atoms. The zero-order valence-electron chi connectivity index (χ0n) is 10.2. The van der Waals surface area contributed by atoms with E-state index in [9.17, 15) is 9.59 Å². The van der Waals surface area contributed by atoms with Gasteiger partial charge in [0.25, 0.3) is 0 Å². The summed E-state index contributed by atoms with van der Waals surface area (Å²) in [7, 11) is 0. The minimum Gasteiger partial charge on any atom is -0.444 e. The van der Waals surface area contributed by atoms with Crippen molar-refractivity contribution in [2.24, 2.45) is 0 Å². The van der Waals surface area contributed by atoms with Crippen LogP contribution in [0, 0.1) is 0 Å². The van der Waals surface area contributed by atoms with Gasteiger partial charge >= 0.3 is 6.09 Å². The van der Waals surface area contributed by atoms with Gasteiger partial charge in [-0.1, -0.05) is 6.92 Å². The van der Waals surface area contributed by atoms with Crippen LogP contribution >= 0.6 is 0 Å². The second kappa shape index (κ2) is 5.73. The Kier molecular flexibility index (Phi) is 5.33. The molecule has 4 nitrogen and oxygen atoms in total. The molecule has 1 N–H and O–H groups in total. The van der Waals surface area contributed by atoms with Gasteiger partial charge in [-0.3, -0.25) is 4.79 Å². The van der Waals surface area contributed by atoms with Crippen molar-refractivity contribution in [3.05, 3.63) is 0 Å². The van der Waals surface area contributed by atoms with E-state index in [1.807, 2.05) is 6.92 Å². The number of carbonyl (C=O) groups is 2. The first-order valence-corrected chi connectivity index (χ1v) is 5.28. The molecule has 0 aliphatic heterocycles. The van der Waals surface area contributed by atoms with Crippen molar-refractivity contribution in [1.82, 2.24) is 5.32 Å². The zero-order chi connectivity index (χ0) is 12.1. The molecule has 0 aromatic heterocycles. The fourth-order valence-electron chi connectivity index (χ4n) is 1.03. The van der Waals surface area contributed by atoms with Crippen molar-refractivity contribution in [3.8, 4) is 0 Å². The van der Waals surface area contributed by atoms with Crippen LogP contribution in [0.4, 0.5) is 4.79 Å². The number of amides is 1. The number of hydrogen-bond acceptors (Lipinski definition) is 3. The maximum absolute atomic E-state index is 11.4. The molecule has 0 heterocycles. The third kappa shape index (κ3) is 6.94. The molecule has 88 valence electrons. The number of Topliss-reactive ketones (excluding diaryl/α,β-unsaturated/α-hetero) is 1. The van der Waals surface area contributed by atoms with Gasteiger partial charge < -0.3 is 10.1 Å². The second-order valence-corrected chi connectivity index (χ2v) is 4.58. The standard InChI is InChI=1S/C11H21NO3/c1-6-7-9(13)8(2)12-10(14)15-11(3,4)5/h8H,6-7H2,1-5H3,(H,12,14)/t8-/m0/s1. The normalized spacial score (nSPS) is 13.1. The van der Waals surface area contributed by atoms with Gasteiger partial charge in [-0.05, 0) is 34.1 Å². The van der Waals surface area contributed by atoms with E-state index in [0.29, 0.717) is 6.42 Å². The lowest BCUT2D eigenvalue weighted by Crippen LogP contribution is -2.41. The average molecular weight is 215 g/mol. The zero-order valence-corrected chi connectivity index (χ0v) is 10.2. The Morgan fingerprint density at radius 3 is 2.27 bits per heavy atom.